The van der Waals surface area contributed by atoms with Gasteiger partial charge in [-0.2, -0.15) is 0 Å². The van der Waals surface area contributed by atoms with Crippen molar-refractivity contribution in [3.8, 4) is 34.6 Å². The SMILES string of the molecule is C#Cc1cc(-c2ccccc2)c2ccc3ccc(-c4ccccc4)c4ccc1c2c34. The first-order valence-corrected chi connectivity index (χ1v) is 10.2. The molecule has 0 aliphatic carbocycles. The highest BCUT2D eigenvalue weighted by Gasteiger charge is 2.16. The van der Waals surface area contributed by atoms with Crippen LogP contribution in [0.3, 0.4) is 0 Å². The predicted molar refractivity (Wildman–Crippen MR) is 129 cm³/mol. The molecule has 0 atom stereocenters. The number of benzene rings is 6. The molecule has 0 aliphatic rings. The van der Waals surface area contributed by atoms with Crippen LogP contribution in [0.1, 0.15) is 5.56 Å². The molecule has 6 aromatic rings. The lowest BCUT2D eigenvalue weighted by Crippen LogP contribution is -1.92. The fraction of sp³-hybridized carbons (Fsp3) is 0. The molecule has 0 N–H and O–H groups in total. The Labute approximate surface area is 175 Å². The van der Waals surface area contributed by atoms with Crippen LogP contribution in [0.4, 0.5) is 0 Å². The molecule has 0 spiro atoms. The van der Waals surface area contributed by atoms with Gasteiger partial charge in [-0.25, -0.2) is 0 Å². The van der Waals surface area contributed by atoms with Gasteiger partial charge in [-0.3, -0.25) is 0 Å². The van der Waals surface area contributed by atoms with Crippen molar-refractivity contribution in [2.75, 3.05) is 0 Å². The molecule has 0 aromatic heterocycles. The highest BCUT2D eigenvalue weighted by Crippen LogP contribution is 2.43. The van der Waals surface area contributed by atoms with E-state index in [-0.39, 0.29) is 0 Å². The molecule has 0 heterocycles. The molecule has 138 valence electrons. The highest BCUT2D eigenvalue weighted by molar-refractivity contribution is 6.28. The van der Waals surface area contributed by atoms with E-state index in [2.05, 4.69) is 103 Å². The van der Waals surface area contributed by atoms with Crippen molar-refractivity contribution < 1.29 is 0 Å². The summed E-state index contributed by atoms with van der Waals surface area (Å²) in [6.07, 6.45) is 5.97. The predicted octanol–water partition coefficient (Wildman–Crippen LogP) is 7.90. The van der Waals surface area contributed by atoms with Crippen LogP contribution < -0.4 is 0 Å². The summed E-state index contributed by atoms with van der Waals surface area (Å²) >= 11 is 0. The van der Waals surface area contributed by atoms with E-state index in [1.165, 1.54) is 49.2 Å². The number of rotatable bonds is 2. The summed E-state index contributed by atoms with van der Waals surface area (Å²) < 4.78 is 0. The summed E-state index contributed by atoms with van der Waals surface area (Å²) in [5, 5.41) is 7.47. The van der Waals surface area contributed by atoms with Gasteiger partial charge in [-0.1, -0.05) is 103 Å². The Morgan fingerprint density at radius 2 is 1.07 bits per heavy atom. The Balaban J connectivity index is 1.81. The van der Waals surface area contributed by atoms with Crippen molar-refractivity contribution in [2.24, 2.45) is 0 Å². The van der Waals surface area contributed by atoms with Gasteiger partial charge in [-0.15, -0.1) is 6.42 Å². The lowest BCUT2D eigenvalue weighted by atomic mass is 9.85. The molecule has 0 saturated heterocycles. The lowest BCUT2D eigenvalue weighted by molar-refractivity contribution is 1.64. The van der Waals surface area contributed by atoms with Gasteiger partial charge in [0.15, 0.2) is 0 Å². The molecule has 0 radical (unpaired) electrons. The fourth-order valence-electron chi connectivity index (χ4n) is 4.74. The quantitative estimate of drug-likeness (QED) is 0.212. The maximum Gasteiger partial charge on any atom is 0.0327 e. The van der Waals surface area contributed by atoms with Crippen LogP contribution in [0.25, 0.3) is 54.6 Å². The molecule has 0 unspecified atom stereocenters. The van der Waals surface area contributed by atoms with Crippen molar-refractivity contribution in [1.29, 1.82) is 0 Å². The monoisotopic (exact) mass is 378 g/mol. The molecule has 0 nitrogen and oxygen atoms in total. The van der Waals surface area contributed by atoms with Crippen LogP contribution in [-0.2, 0) is 0 Å². The van der Waals surface area contributed by atoms with E-state index in [0.29, 0.717) is 0 Å². The van der Waals surface area contributed by atoms with Gasteiger partial charge < -0.3 is 0 Å². The van der Waals surface area contributed by atoms with E-state index in [1.54, 1.807) is 0 Å². The molecule has 0 bridgehead atoms. The summed E-state index contributed by atoms with van der Waals surface area (Å²) in [5.74, 6) is 2.94. The van der Waals surface area contributed by atoms with Crippen molar-refractivity contribution in [3.05, 3.63) is 109 Å². The molecule has 0 saturated carbocycles. The van der Waals surface area contributed by atoms with E-state index in [4.69, 9.17) is 6.42 Å². The third kappa shape index (κ3) is 2.36. The first kappa shape index (κ1) is 16.8. The van der Waals surface area contributed by atoms with E-state index in [9.17, 15) is 0 Å². The van der Waals surface area contributed by atoms with E-state index >= 15 is 0 Å². The third-order valence-electron chi connectivity index (χ3n) is 6.11. The Hall–Kier alpha value is -4.08. The molecular formula is C30H18. The minimum atomic E-state index is 0.945. The normalized spacial score (nSPS) is 11.3. The fourth-order valence-corrected chi connectivity index (χ4v) is 4.74. The van der Waals surface area contributed by atoms with E-state index < -0.39 is 0 Å². The van der Waals surface area contributed by atoms with E-state index in [1.807, 2.05) is 6.07 Å². The Morgan fingerprint density at radius 1 is 0.500 bits per heavy atom. The number of terminal acetylenes is 1. The second-order valence-corrected chi connectivity index (χ2v) is 7.71. The summed E-state index contributed by atoms with van der Waals surface area (Å²) in [6.45, 7) is 0. The van der Waals surface area contributed by atoms with Crippen molar-refractivity contribution >= 4 is 32.3 Å². The van der Waals surface area contributed by atoms with Crippen molar-refractivity contribution in [3.63, 3.8) is 0 Å². The second-order valence-electron chi connectivity index (χ2n) is 7.71. The molecule has 6 rings (SSSR count). The van der Waals surface area contributed by atoms with Crippen LogP contribution >= 0.6 is 0 Å². The molecule has 0 fully saturated rings. The molecular weight excluding hydrogens is 360 g/mol. The summed E-state index contributed by atoms with van der Waals surface area (Å²) in [5.41, 5.74) is 5.81. The average molecular weight is 378 g/mol. The van der Waals surface area contributed by atoms with E-state index in [0.717, 1.165) is 10.9 Å². The number of hydrogen-bond donors (Lipinski definition) is 0. The average Bonchev–Trinajstić information content (AvgIpc) is 2.83. The summed E-state index contributed by atoms with van der Waals surface area (Å²) in [6, 6.07) is 36.7. The maximum absolute atomic E-state index is 5.97. The lowest BCUT2D eigenvalue weighted by Gasteiger charge is -2.17. The minimum absolute atomic E-state index is 0.945. The van der Waals surface area contributed by atoms with Gasteiger partial charge in [0.25, 0.3) is 0 Å². The first-order valence-electron chi connectivity index (χ1n) is 10.2. The zero-order chi connectivity index (χ0) is 20.1. The van der Waals surface area contributed by atoms with Crippen LogP contribution in [0.2, 0.25) is 0 Å². The number of hydrogen-bond acceptors (Lipinski definition) is 0. The van der Waals surface area contributed by atoms with Crippen LogP contribution in [-0.4, -0.2) is 0 Å². The van der Waals surface area contributed by atoms with Gasteiger partial charge in [0.1, 0.15) is 0 Å². The molecule has 0 aliphatic heterocycles. The first-order chi connectivity index (χ1) is 14.8. The standard InChI is InChI=1S/C30H18/c1-2-20-19-28(22-11-7-4-8-12-22)27-16-14-23-13-15-24(21-9-5-3-6-10-21)26-18-17-25(20)30(27)29(23)26/h1,3-19H. The highest BCUT2D eigenvalue weighted by atomic mass is 14.2. The molecule has 0 heteroatoms. The van der Waals surface area contributed by atoms with Crippen LogP contribution in [0, 0.1) is 12.3 Å². The molecule has 6 aromatic carbocycles. The van der Waals surface area contributed by atoms with Crippen LogP contribution in [0.15, 0.2) is 103 Å². The van der Waals surface area contributed by atoms with Crippen molar-refractivity contribution in [2.45, 2.75) is 0 Å². The van der Waals surface area contributed by atoms with Gasteiger partial charge in [0.05, 0.1) is 0 Å². The Bertz CT molecular complexity index is 1570. The van der Waals surface area contributed by atoms with Gasteiger partial charge >= 0.3 is 0 Å². The summed E-state index contributed by atoms with van der Waals surface area (Å²) in [7, 11) is 0. The smallest absolute Gasteiger partial charge is 0.0327 e. The van der Waals surface area contributed by atoms with Crippen LogP contribution in [0.5, 0.6) is 0 Å². The largest absolute Gasteiger partial charge is 0.115 e. The maximum atomic E-state index is 5.97. The van der Waals surface area contributed by atoms with Gasteiger partial charge in [0.2, 0.25) is 0 Å². The van der Waals surface area contributed by atoms with Gasteiger partial charge in [0, 0.05) is 5.56 Å². The Kier molecular flexibility index (Phi) is 3.63. The zero-order valence-corrected chi connectivity index (χ0v) is 16.4. The Morgan fingerprint density at radius 3 is 1.77 bits per heavy atom. The molecule has 0 amide bonds. The van der Waals surface area contributed by atoms with Gasteiger partial charge in [-0.05, 0) is 60.6 Å². The molecule has 30 heavy (non-hydrogen) atoms. The summed E-state index contributed by atoms with van der Waals surface area (Å²) in [4.78, 5) is 0. The van der Waals surface area contributed by atoms with Crippen molar-refractivity contribution in [1.82, 2.24) is 0 Å². The third-order valence-corrected chi connectivity index (χ3v) is 6.11. The zero-order valence-electron chi connectivity index (χ0n) is 16.4. The second kappa shape index (κ2) is 6.48. The minimum Gasteiger partial charge on any atom is -0.115 e. The topological polar surface area (TPSA) is 0 Å².